The van der Waals surface area contributed by atoms with E-state index in [1.54, 1.807) is 6.92 Å². The molecule has 0 amide bonds. The largest absolute Gasteiger partial charge is 0.397 e. The molecule has 1 aliphatic rings. The highest BCUT2D eigenvalue weighted by Gasteiger charge is 2.47. The lowest BCUT2D eigenvalue weighted by Crippen LogP contribution is -2.59. The number of hydrogen-bond acceptors (Lipinski definition) is 7. The van der Waals surface area contributed by atoms with Crippen LogP contribution in [0.15, 0.2) is 12.7 Å². The Bertz CT molecular complexity index is 394. The van der Waals surface area contributed by atoms with Crippen LogP contribution in [-0.2, 0) is 28.8 Å². The third-order valence-corrected chi connectivity index (χ3v) is 3.09. The van der Waals surface area contributed by atoms with E-state index in [4.69, 9.17) is 18.8 Å². The van der Waals surface area contributed by atoms with E-state index < -0.39 is 41.1 Å². The average Bonchev–Trinajstić information content (AvgIpc) is 2.31. The van der Waals surface area contributed by atoms with Gasteiger partial charge in [0.25, 0.3) is 0 Å². The summed E-state index contributed by atoms with van der Waals surface area (Å²) in [7, 11) is -3.50. The zero-order valence-electron chi connectivity index (χ0n) is 10.6. The molecule has 0 aromatic heterocycles. The Morgan fingerprint density at radius 2 is 2.05 bits per heavy atom. The summed E-state index contributed by atoms with van der Waals surface area (Å²) >= 11 is 0. The first kappa shape index (κ1) is 16.5. The molecule has 8 nitrogen and oxygen atoms in total. The van der Waals surface area contributed by atoms with Gasteiger partial charge < -0.3 is 19.3 Å². The number of aliphatic hydroxyl groups is 1. The summed E-state index contributed by atoms with van der Waals surface area (Å²) < 4.78 is 50.1. The second-order valence-electron chi connectivity index (χ2n) is 4.01. The molecule has 1 rings (SSSR count). The van der Waals surface area contributed by atoms with E-state index in [2.05, 4.69) is 10.8 Å². The van der Waals surface area contributed by atoms with Gasteiger partial charge in [0.05, 0.1) is 12.7 Å². The van der Waals surface area contributed by atoms with Crippen LogP contribution in [0.2, 0.25) is 0 Å². The minimum absolute atomic E-state index is 0.145. The number of hydrogen-bond donors (Lipinski definition) is 2. The molecular formula is C10H18O8S. The first-order valence-corrected chi connectivity index (χ1v) is 6.91. The van der Waals surface area contributed by atoms with Gasteiger partial charge in [-0.05, 0) is 6.92 Å². The Balaban J connectivity index is 2.87. The molecule has 0 aromatic carbocycles. The van der Waals surface area contributed by atoms with Gasteiger partial charge in [0.1, 0.15) is 12.2 Å². The average molecular weight is 298 g/mol. The van der Waals surface area contributed by atoms with E-state index in [9.17, 15) is 13.5 Å². The number of methoxy groups -OCH3 is 1. The lowest BCUT2D eigenvalue weighted by Gasteiger charge is -2.41. The Hall–Kier alpha value is -0.550. The van der Waals surface area contributed by atoms with Gasteiger partial charge in [0.2, 0.25) is 0 Å². The monoisotopic (exact) mass is 298 g/mol. The van der Waals surface area contributed by atoms with E-state index in [-0.39, 0.29) is 6.61 Å². The molecule has 9 heteroatoms. The zero-order chi connectivity index (χ0) is 14.6. The Morgan fingerprint density at radius 1 is 1.42 bits per heavy atom. The van der Waals surface area contributed by atoms with Crippen LogP contribution in [0.4, 0.5) is 0 Å². The fraction of sp³-hybridized carbons (Fsp3) is 0.800. The normalized spacial score (nSPS) is 36.1. The first-order valence-electron chi connectivity index (χ1n) is 5.54. The topological polar surface area (TPSA) is 112 Å². The summed E-state index contributed by atoms with van der Waals surface area (Å²) in [5.74, 6) is 0. The number of rotatable bonds is 6. The summed E-state index contributed by atoms with van der Waals surface area (Å²) in [6, 6.07) is 0. The molecule has 0 spiro atoms. The number of aliphatic hydroxyl groups excluding tert-OH is 1. The molecule has 19 heavy (non-hydrogen) atoms. The lowest BCUT2D eigenvalue weighted by molar-refractivity contribution is -0.286. The molecule has 2 N–H and O–H groups in total. The van der Waals surface area contributed by atoms with E-state index in [1.165, 1.54) is 13.2 Å². The Morgan fingerprint density at radius 3 is 2.53 bits per heavy atom. The third kappa shape index (κ3) is 4.49. The SMILES string of the molecule is C=CCO[C@@H]1[C@@H](O)[C@@H](OS(=O)(=O)O)[C@H](OC)O[C@H]1C. The third-order valence-electron chi connectivity index (χ3n) is 2.62. The highest BCUT2D eigenvalue weighted by atomic mass is 32.3. The van der Waals surface area contributed by atoms with Crippen LogP contribution >= 0.6 is 0 Å². The van der Waals surface area contributed by atoms with Gasteiger partial charge in [-0.25, -0.2) is 4.18 Å². The second kappa shape index (κ2) is 6.75. The maximum atomic E-state index is 10.8. The maximum absolute atomic E-state index is 10.8. The van der Waals surface area contributed by atoms with Crippen molar-refractivity contribution < 1.29 is 36.5 Å². The van der Waals surface area contributed by atoms with Crippen LogP contribution in [0.1, 0.15) is 6.92 Å². The van der Waals surface area contributed by atoms with Crippen LogP contribution in [0.25, 0.3) is 0 Å². The van der Waals surface area contributed by atoms with Crippen molar-refractivity contribution in [3.63, 3.8) is 0 Å². The summed E-state index contributed by atoms with van der Waals surface area (Å²) in [5, 5.41) is 10.1. The van der Waals surface area contributed by atoms with Crippen molar-refractivity contribution in [1.29, 1.82) is 0 Å². The molecule has 0 unspecified atom stereocenters. The molecular weight excluding hydrogens is 280 g/mol. The van der Waals surface area contributed by atoms with Gasteiger partial charge in [-0.2, -0.15) is 8.42 Å². The van der Waals surface area contributed by atoms with Crippen molar-refractivity contribution in [3.8, 4) is 0 Å². The Labute approximate surface area is 111 Å². The van der Waals surface area contributed by atoms with Crippen molar-refractivity contribution >= 4 is 10.4 Å². The second-order valence-corrected chi connectivity index (χ2v) is 5.06. The van der Waals surface area contributed by atoms with Crippen molar-refractivity contribution in [2.75, 3.05) is 13.7 Å². The van der Waals surface area contributed by atoms with Crippen LogP contribution < -0.4 is 0 Å². The molecule has 1 fully saturated rings. The maximum Gasteiger partial charge on any atom is 0.397 e. The fourth-order valence-electron chi connectivity index (χ4n) is 1.84. The van der Waals surface area contributed by atoms with Crippen molar-refractivity contribution in [3.05, 3.63) is 12.7 Å². The molecule has 1 heterocycles. The molecule has 5 atom stereocenters. The highest BCUT2D eigenvalue weighted by molar-refractivity contribution is 7.80. The molecule has 0 radical (unpaired) electrons. The van der Waals surface area contributed by atoms with Crippen LogP contribution in [0.5, 0.6) is 0 Å². The van der Waals surface area contributed by atoms with Gasteiger partial charge >= 0.3 is 10.4 Å². The molecule has 0 aromatic rings. The zero-order valence-corrected chi connectivity index (χ0v) is 11.4. The van der Waals surface area contributed by atoms with Gasteiger partial charge in [-0.1, -0.05) is 6.08 Å². The molecule has 0 bridgehead atoms. The molecule has 1 aliphatic heterocycles. The molecule has 0 saturated carbocycles. The smallest absolute Gasteiger partial charge is 0.387 e. The van der Waals surface area contributed by atoms with E-state index in [0.29, 0.717) is 0 Å². The minimum Gasteiger partial charge on any atom is -0.387 e. The van der Waals surface area contributed by atoms with Crippen molar-refractivity contribution in [1.82, 2.24) is 0 Å². The summed E-state index contributed by atoms with van der Waals surface area (Å²) in [6.07, 6.45) is -3.84. The lowest BCUT2D eigenvalue weighted by atomic mass is 10.00. The number of ether oxygens (including phenoxy) is 3. The molecule has 1 saturated heterocycles. The van der Waals surface area contributed by atoms with Crippen molar-refractivity contribution in [2.45, 2.75) is 37.6 Å². The standard InChI is InChI=1S/C10H18O8S/c1-4-5-16-8-6(2)17-10(15-3)9(7(8)11)18-19(12,13)14/h4,6-11H,1,5H2,2-3H3,(H,12,13,14)/t6-,7+,8-,9+,10+/m0/s1. The van der Waals surface area contributed by atoms with E-state index in [1.807, 2.05) is 0 Å². The summed E-state index contributed by atoms with van der Waals surface area (Å²) in [5.41, 5.74) is 0. The molecule has 112 valence electrons. The molecule has 0 aliphatic carbocycles. The van der Waals surface area contributed by atoms with Crippen molar-refractivity contribution in [2.24, 2.45) is 0 Å². The minimum atomic E-state index is -4.76. The van der Waals surface area contributed by atoms with Gasteiger partial charge in [0.15, 0.2) is 12.4 Å². The fourth-order valence-corrected chi connectivity index (χ4v) is 2.32. The van der Waals surface area contributed by atoms with E-state index >= 15 is 0 Å². The predicted molar refractivity (Wildman–Crippen MR) is 63.7 cm³/mol. The van der Waals surface area contributed by atoms with Crippen LogP contribution in [-0.4, -0.2) is 62.5 Å². The highest BCUT2D eigenvalue weighted by Crippen LogP contribution is 2.26. The summed E-state index contributed by atoms with van der Waals surface area (Å²) in [4.78, 5) is 0. The quantitative estimate of drug-likeness (QED) is 0.498. The van der Waals surface area contributed by atoms with Gasteiger partial charge in [-0.15, -0.1) is 6.58 Å². The Kier molecular flexibility index (Phi) is 5.86. The van der Waals surface area contributed by atoms with E-state index in [0.717, 1.165) is 0 Å². The van der Waals surface area contributed by atoms with Gasteiger partial charge in [-0.3, -0.25) is 4.55 Å². The van der Waals surface area contributed by atoms with Gasteiger partial charge in [0, 0.05) is 7.11 Å². The first-order chi connectivity index (χ1) is 8.80. The van der Waals surface area contributed by atoms with Crippen LogP contribution in [0.3, 0.4) is 0 Å². The predicted octanol–water partition coefficient (Wildman–Crippen LogP) is -0.502. The van der Waals surface area contributed by atoms with Crippen LogP contribution in [0, 0.1) is 0 Å². The summed E-state index contributed by atoms with van der Waals surface area (Å²) in [6.45, 7) is 5.24.